The van der Waals surface area contributed by atoms with Gasteiger partial charge < -0.3 is 4.74 Å². The zero-order valence-corrected chi connectivity index (χ0v) is 22.8. The molecule has 7 nitrogen and oxygen atoms in total. The number of amides is 1. The van der Waals surface area contributed by atoms with Crippen molar-refractivity contribution < 1.29 is 17.9 Å². The zero-order valence-electron chi connectivity index (χ0n) is 21.2. The van der Waals surface area contributed by atoms with E-state index < -0.39 is 10.0 Å². The molecular formula is C29H29N3O4S2. The Labute approximate surface area is 226 Å². The number of thiazole rings is 1. The van der Waals surface area contributed by atoms with Crippen molar-refractivity contribution in [2.24, 2.45) is 0 Å². The molecule has 1 aromatic heterocycles. The molecule has 1 fully saturated rings. The minimum absolute atomic E-state index is 0.0469. The Morgan fingerprint density at radius 1 is 1.11 bits per heavy atom. The Bertz CT molecular complexity index is 1590. The predicted octanol–water partition coefficient (Wildman–Crippen LogP) is 5.18. The molecule has 0 saturated carbocycles. The average molecular weight is 548 g/mol. The third-order valence-corrected chi connectivity index (χ3v) is 10.2. The summed E-state index contributed by atoms with van der Waals surface area (Å²) in [5.41, 5.74) is 4.63. The van der Waals surface area contributed by atoms with Crippen LogP contribution in [-0.2, 0) is 27.7 Å². The first-order chi connectivity index (χ1) is 18.4. The second-order valence-electron chi connectivity index (χ2n) is 9.90. The van der Waals surface area contributed by atoms with Gasteiger partial charge in [0.1, 0.15) is 0 Å². The number of fused-ring (bicyclic) bond motifs is 2. The summed E-state index contributed by atoms with van der Waals surface area (Å²) in [4.78, 5) is 20.4. The van der Waals surface area contributed by atoms with E-state index in [0.29, 0.717) is 43.4 Å². The highest BCUT2D eigenvalue weighted by molar-refractivity contribution is 7.89. The molecule has 6 rings (SSSR count). The summed E-state index contributed by atoms with van der Waals surface area (Å²) in [6.07, 6.45) is 2.50. The maximum Gasteiger partial charge on any atom is 0.260 e. The van der Waals surface area contributed by atoms with Gasteiger partial charge in [0.15, 0.2) is 5.13 Å². The molecule has 0 N–H and O–H groups in total. The maximum atomic E-state index is 13.8. The maximum absolute atomic E-state index is 13.8. The molecule has 0 spiro atoms. The first-order valence-corrected chi connectivity index (χ1v) is 15.1. The van der Waals surface area contributed by atoms with Crippen molar-refractivity contribution in [2.45, 2.75) is 43.7 Å². The number of ether oxygens (including phenoxy) is 1. The van der Waals surface area contributed by atoms with Crippen molar-refractivity contribution in [3.05, 3.63) is 89.0 Å². The fourth-order valence-corrected chi connectivity index (χ4v) is 7.61. The van der Waals surface area contributed by atoms with Gasteiger partial charge >= 0.3 is 0 Å². The first kappa shape index (κ1) is 25.2. The van der Waals surface area contributed by atoms with Gasteiger partial charge in [-0.05, 0) is 79.3 Å². The zero-order chi connectivity index (χ0) is 26.3. The number of carbonyl (C=O) groups excluding carboxylic acids is 1. The van der Waals surface area contributed by atoms with Gasteiger partial charge in [-0.3, -0.25) is 9.69 Å². The number of anilines is 1. The van der Waals surface area contributed by atoms with E-state index in [2.05, 4.69) is 12.1 Å². The molecule has 1 amide bonds. The molecule has 3 aromatic carbocycles. The summed E-state index contributed by atoms with van der Waals surface area (Å²) in [5.74, 6) is -0.216. The number of aryl methyl sites for hydroxylation is 1. The number of carbonyl (C=O) groups is 1. The first-order valence-electron chi connectivity index (χ1n) is 12.9. The van der Waals surface area contributed by atoms with Crippen LogP contribution in [0.5, 0.6) is 0 Å². The molecular weight excluding hydrogens is 518 g/mol. The SMILES string of the molecule is Cc1ccc2nc(N(CC3CCCO3)C(=O)c3ccc(S(=O)(=O)N4CCc5ccccc5C4)cc3)sc2c1. The Kier molecular flexibility index (Phi) is 6.77. The third kappa shape index (κ3) is 4.87. The van der Waals surface area contributed by atoms with Crippen molar-refractivity contribution in [3.63, 3.8) is 0 Å². The lowest BCUT2D eigenvalue weighted by Crippen LogP contribution is -2.37. The molecule has 0 aliphatic carbocycles. The van der Waals surface area contributed by atoms with E-state index in [1.54, 1.807) is 17.0 Å². The Hall–Kier alpha value is -3.11. The predicted molar refractivity (Wildman–Crippen MR) is 149 cm³/mol. The topological polar surface area (TPSA) is 79.8 Å². The van der Waals surface area contributed by atoms with Gasteiger partial charge in [-0.2, -0.15) is 4.31 Å². The summed E-state index contributed by atoms with van der Waals surface area (Å²) >= 11 is 1.48. The van der Waals surface area contributed by atoms with Crippen LogP contribution in [0.15, 0.2) is 71.6 Å². The Balaban J connectivity index is 1.26. The normalized spacial score (nSPS) is 18.0. The monoisotopic (exact) mass is 547 g/mol. The standard InChI is InChI=1S/C29H29N3O4S2/c1-20-8-13-26-27(17-20)37-29(30-26)32(19-24-7-4-16-36-24)28(33)22-9-11-25(12-10-22)38(34,35)31-15-14-21-5-2-3-6-23(21)18-31/h2-3,5-6,8-13,17,24H,4,7,14-16,18-19H2,1H3. The lowest BCUT2D eigenvalue weighted by molar-refractivity contribution is 0.0917. The average Bonchev–Trinajstić information content (AvgIpc) is 3.60. The van der Waals surface area contributed by atoms with E-state index in [1.165, 1.54) is 33.3 Å². The summed E-state index contributed by atoms with van der Waals surface area (Å²) in [7, 11) is -3.68. The molecule has 1 atom stereocenters. The number of benzene rings is 3. The number of hydrogen-bond donors (Lipinski definition) is 0. The highest BCUT2D eigenvalue weighted by Crippen LogP contribution is 2.32. The summed E-state index contributed by atoms with van der Waals surface area (Å²) in [6, 6.07) is 20.3. The minimum atomic E-state index is -3.68. The quantitative estimate of drug-likeness (QED) is 0.333. The van der Waals surface area contributed by atoms with Gasteiger partial charge in [0.05, 0.1) is 27.8 Å². The highest BCUT2D eigenvalue weighted by atomic mass is 32.2. The van der Waals surface area contributed by atoms with Crippen LogP contribution in [0, 0.1) is 6.92 Å². The lowest BCUT2D eigenvalue weighted by atomic mass is 10.0. The van der Waals surface area contributed by atoms with E-state index in [-0.39, 0.29) is 16.9 Å². The molecule has 196 valence electrons. The van der Waals surface area contributed by atoms with Crippen molar-refractivity contribution in [3.8, 4) is 0 Å². The summed E-state index contributed by atoms with van der Waals surface area (Å²) in [5, 5.41) is 0.620. The number of rotatable bonds is 6. The van der Waals surface area contributed by atoms with Gasteiger partial charge in [-0.1, -0.05) is 41.7 Å². The largest absolute Gasteiger partial charge is 0.376 e. The van der Waals surface area contributed by atoms with E-state index in [4.69, 9.17) is 9.72 Å². The number of aromatic nitrogens is 1. The second kappa shape index (κ2) is 10.2. The molecule has 38 heavy (non-hydrogen) atoms. The minimum Gasteiger partial charge on any atom is -0.376 e. The van der Waals surface area contributed by atoms with Crippen molar-refractivity contribution in [1.82, 2.24) is 9.29 Å². The van der Waals surface area contributed by atoms with Crippen LogP contribution in [0.4, 0.5) is 5.13 Å². The molecule has 2 aliphatic heterocycles. The van der Waals surface area contributed by atoms with E-state index >= 15 is 0 Å². The highest BCUT2D eigenvalue weighted by Gasteiger charge is 2.30. The fourth-order valence-electron chi connectivity index (χ4n) is 5.12. The van der Waals surface area contributed by atoms with E-state index in [1.807, 2.05) is 37.3 Å². The molecule has 0 radical (unpaired) electrons. The molecule has 3 heterocycles. The van der Waals surface area contributed by atoms with Crippen molar-refractivity contribution >= 4 is 42.6 Å². The second-order valence-corrected chi connectivity index (χ2v) is 12.8. The Morgan fingerprint density at radius 2 is 1.89 bits per heavy atom. The number of nitrogens with zero attached hydrogens (tertiary/aromatic N) is 3. The van der Waals surface area contributed by atoms with Gasteiger partial charge in [0.25, 0.3) is 5.91 Å². The van der Waals surface area contributed by atoms with Crippen LogP contribution < -0.4 is 4.90 Å². The van der Waals surface area contributed by atoms with Gasteiger partial charge in [0, 0.05) is 25.3 Å². The molecule has 1 unspecified atom stereocenters. The fraction of sp³-hybridized carbons (Fsp3) is 0.310. The number of sulfonamides is 1. The lowest BCUT2D eigenvalue weighted by Gasteiger charge is -2.28. The van der Waals surface area contributed by atoms with E-state index in [0.717, 1.165) is 34.2 Å². The van der Waals surface area contributed by atoms with Crippen LogP contribution >= 0.6 is 11.3 Å². The Morgan fingerprint density at radius 3 is 2.66 bits per heavy atom. The third-order valence-electron chi connectivity index (χ3n) is 7.25. The summed E-state index contributed by atoms with van der Waals surface area (Å²) < 4.78 is 35.2. The van der Waals surface area contributed by atoms with Gasteiger partial charge in [0.2, 0.25) is 10.0 Å². The van der Waals surface area contributed by atoms with Crippen LogP contribution in [0.25, 0.3) is 10.2 Å². The molecule has 1 saturated heterocycles. The van der Waals surface area contributed by atoms with Crippen molar-refractivity contribution in [2.75, 3.05) is 24.6 Å². The molecule has 2 aliphatic rings. The van der Waals surface area contributed by atoms with Crippen LogP contribution in [0.1, 0.15) is 39.9 Å². The van der Waals surface area contributed by atoms with Gasteiger partial charge in [-0.25, -0.2) is 13.4 Å². The van der Waals surface area contributed by atoms with E-state index in [9.17, 15) is 13.2 Å². The van der Waals surface area contributed by atoms with Crippen LogP contribution in [-0.4, -0.2) is 49.4 Å². The summed E-state index contributed by atoms with van der Waals surface area (Å²) in [6.45, 7) is 3.92. The molecule has 9 heteroatoms. The molecule has 0 bridgehead atoms. The van der Waals surface area contributed by atoms with Gasteiger partial charge in [-0.15, -0.1) is 0 Å². The van der Waals surface area contributed by atoms with Crippen molar-refractivity contribution in [1.29, 1.82) is 0 Å². The van der Waals surface area contributed by atoms with Crippen LogP contribution in [0.2, 0.25) is 0 Å². The number of hydrogen-bond acceptors (Lipinski definition) is 6. The molecule has 4 aromatic rings. The smallest absolute Gasteiger partial charge is 0.260 e. The van der Waals surface area contributed by atoms with Crippen LogP contribution in [0.3, 0.4) is 0 Å².